The fourth-order valence-corrected chi connectivity index (χ4v) is 6.72. The van der Waals surface area contributed by atoms with Crippen molar-refractivity contribution in [1.29, 1.82) is 0 Å². The van der Waals surface area contributed by atoms with Gasteiger partial charge in [-0.1, -0.05) is 133 Å². The largest absolute Gasteiger partial charge is 0.456 e. The van der Waals surface area contributed by atoms with Gasteiger partial charge >= 0.3 is 0 Å². The van der Waals surface area contributed by atoms with Gasteiger partial charge in [0.25, 0.3) is 0 Å². The molecule has 0 bridgehead atoms. The first-order valence-electron chi connectivity index (χ1n) is 19.6. The summed E-state index contributed by atoms with van der Waals surface area (Å²) < 4.78 is 71.7. The van der Waals surface area contributed by atoms with Gasteiger partial charge < -0.3 is 8.98 Å². The van der Waals surface area contributed by atoms with Crippen LogP contribution in [0.15, 0.2) is 174 Å². The zero-order valence-electron chi connectivity index (χ0n) is 33.3. The van der Waals surface area contributed by atoms with E-state index in [9.17, 15) is 4.11 Å². The zero-order chi connectivity index (χ0) is 39.1. The Morgan fingerprint density at radius 2 is 1.12 bits per heavy atom. The second-order valence-electron chi connectivity index (χ2n) is 11.9. The van der Waals surface area contributed by atoms with E-state index in [-0.39, 0.29) is 57.4 Å². The van der Waals surface area contributed by atoms with Crippen molar-refractivity contribution in [2.75, 3.05) is 0 Å². The van der Waals surface area contributed by atoms with Crippen molar-refractivity contribution in [3.63, 3.8) is 0 Å². The van der Waals surface area contributed by atoms with E-state index >= 15 is 0 Å². The van der Waals surface area contributed by atoms with E-state index in [0.717, 1.165) is 21.9 Å². The standard InChI is InChI=1S/C45H28N4O/c1-4-14-29(15-5-1)33-21-13-25-40-41(33)37-28-32(26-27-39(37)50-40)49-38-24-11-10-20-34(38)35-22-12-23-36(42(35)49)45-47-43(30-16-6-2-7-17-30)46-44(48-45)31-18-8-3-9-19-31/h1-28H/i10D,11D,12D,20D,22D,23D,24D. The van der Waals surface area contributed by atoms with Gasteiger partial charge in [0.2, 0.25) is 0 Å². The minimum absolute atomic E-state index is 0.0479. The van der Waals surface area contributed by atoms with E-state index in [1.165, 1.54) is 0 Å². The second-order valence-corrected chi connectivity index (χ2v) is 11.9. The van der Waals surface area contributed by atoms with Crippen molar-refractivity contribution in [1.82, 2.24) is 19.5 Å². The van der Waals surface area contributed by atoms with Crippen molar-refractivity contribution in [3.05, 3.63) is 170 Å². The molecule has 0 fully saturated rings. The predicted octanol–water partition coefficient (Wildman–Crippen LogP) is 11.5. The number of nitrogens with zero attached hydrogens (tertiary/aromatic N) is 4. The molecule has 0 saturated heterocycles. The number of rotatable bonds is 5. The number of benzene rings is 7. The molecule has 234 valence electrons. The highest BCUT2D eigenvalue weighted by atomic mass is 16.3. The average Bonchev–Trinajstić information content (AvgIpc) is 3.81. The molecule has 3 aromatic heterocycles. The lowest BCUT2D eigenvalue weighted by atomic mass is 9.99. The fraction of sp³-hybridized carbons (Fsp3) is 0. The molecule has 0 saturated carbocycles. The average molecular weight is 648 g/mol. The normalized spacial score (nSPS) is 13.6. The second kappa shape index (κ2) is 11.4. The van der Waals surface area contributed by atoms with Crippen molar-refractivity contribution in [2.24, 2.45) is 0 Å². The molecule has 10 rings (SSSR count). The van der Waals surface area contributed by atoms with Gasteiger partial charge in [-0.25, -0.2) is 15.0 Å². The van der Waals surface area contributed by atoms with E-state index < -0.39 is 18.1 Å². The highest BCUT2D eigenvalue weighted by Crippen LogP contribution is 2.41. The van der Waals surface area contributed by atoms with Crippen LogP contribution in [0.1, 0.15) is 9.60 Å². The predicted molar refractivity (Wildman–Crippen MR) is 203 cm³/mol. The van der Waals surface area contributed by atoms with Gasteiger partial charge in [0.15, 0.2) is 17.5 Å². The van der Waals surface area contributed by atoms with Crippen LogP contribution in [-0.2, 0) is 0 Å². The van der Waals surface area contributed by atoms with Crippen LogP contribution in [0.4, 0.5) is 0 Å². The molecule has 5 nitrogen and oxygen atoms in total. The Balaban J connectivity index is 1.38. The smallest absolute Gasteiger partial charge is 0.166 e. The number of hydrogen-bond donors (Lipinski definition) is 0. The third-order valence-corrected chi connectivity index (χ3v) is 8.96. The van der Waals surface area contributed by atoms with E-state index in [4.69, 9.17) is 24.9 Å². The molecule has 0 radical (unpaired) electrons. The van der Waals surface area contributed by atoms with E-state index in [1.807, 2.05) is 121 Å². The Kier molecular flexibility index (Phi) is 4.99. The van der Waals surface area contributed by atoms with Gasteiger partial charge in [0, 0.05) is 43.9 Å². The number of furan rings is 1. The molecule has 0 spiro atoms. The molecule has 0 aliphatic heterocycles. The van der Waals surface area contributed by atoms with Crippen molar-refractivity contribution in [2.45, 2.75) is 0 Å². The summed E-state index contributed by atoms with van der Waals surface area (Å²) in [6.07, 6.45) is 0. The molecule has 3 heterocycles. The summed E-state index contributed by atoms with van der Waals surface area (Å²) in [5, 5.41) is 1.75. The summed E-state index contributed by atoms with van der Waals surface area (Å²) in [4.78, 5) is 14.6. The van der Waals surface area contributed by atoms with Crippen molar-refractivity contribution in [3.8, 4) is 51.0 Å². The molecular formula is C45H28N4O. The van der Waals surface area contributed by atoms with Crippen molar-refractivity contribution >= 4 is 43.7 Å². The molecule has 50 heavy (non-hydrogen) atoms. The fourth-order valence-electron chi connectivity index (χ4n) is 6.72. The monoisotopic (exact) mass is 647 g/mol. The molecular weight excluding hydrogens is 613 g/mol. The molecule has 0 amide bonds. The number of aromatic nitrogens is 4. The third-order valence-electron chi connectivity index (χ3n) is 8.96. The summed E-state index contributed by atoms with van der Waals surface area (Å²) in [7, 11) is 0. The highest BCUT2D eigenvalue weighted by Gasteiger charge is 2.21. The van der Waals surface area contributed by atoms with Gasteiger partial charge in [-0.15, -0.1) is 0 Å². The Morgan fingerprint density at radius 3 is 1.84 bits per heavy atom. The van der Waals surface area contributed by atoms with Crippen LogP contribution >= 0.6 is 0 Å². The number of hydrogen-bond acceptors (Lipinski definition) is 4. The Labute approximate surface area is 297 Å². The Bertz CT molecular complexity index is 3200. The van der Waals surface area contributed by atoms with Crippen LogP contribution in [0, 0.1) is 0 Å². The van der Waals surface area contributed by atoms with Crippen LogP contribution in [-0.4, -0.2) is 19.5 Å². The molecule has 0 aliphatic carbocycles. The maximum Gasteiger partial charge on any atom is 0.166 e. The lowest BCUT2D eigenvalue weighted by Crippen LogP contribution is -2.02. The maximum absolute atomic E-state index is 9.46. The Hall–Kier alpha value is -6.85. The minimum Gasteiger partial charge on any atom is -0.456 e. The van der Waals surface area contributed by atoms with Crippen molar-refractivity contribution < 1.29 is 14.0 Å². The van der Waals surface area contributed by atoms with Crippen LogP contribution in [0.2, 0.25) is 0 Å². The summed E-state index contributed by atoms with van der Waals surface area (Å²) >= 11 is 0. The van der Waals surface area contributed by atoms with E-state index in [1.54, 1.807) is 10.6 Å². The quantitative estimate of drug-likeness (QED) is 0.186. The summed E-state index contributed by atoms with van der Waals surface area (Å²) in [5.74, 6) is 0.687. The SMILES string of the molecule is [2H]c1c([2H])c([2H])c2c(c1[2H])c1c([2H])c([2H])c([2H])c(-c3nc(-c4ccccc4)nc(-c4ccccc4)n3)c1n2-c1ccc2oc3cccc(-c4ccccc4)c3c2c1. The van der Waals surface area contributed by atoms with Gasteiger partial charge in [-0.3, -0.25) is 0 Å². The Morgan fingerprint density at radius 1 is 0.480 bits per heavy atom. The van der Waals surface area contributed by atoms with E-state index in [2.05, 4.69) is 0 Å². The summed E-state index contributed by atoms with van der Waals surface area (Å²) in [6, 6.07) is 37.3. The molecule has 0 N–H and O–H groups in total. The summed E-state index contributed by atoms with van der Waals surface area (Å²) in [5.41, 5.74) is 5.44. The minimum atomic E-state index is -0.476. The first-order valence-corrected chi connectivity index (χ1v) is 16.1. The highest BCUT2D eigenvalue weighted by molar-refractivity contribution is 6.15. The van der Waals surface area contributed by atoms with Gasteiger partial charge in [-0.2, -0.15) is 0 Å². The molecule has 0 aliphatic rings. The lowest BCUT2D eigenvalue weighted by Gasteiger charge is -2.13. The lowest BCUT2D eigenvalue weighted by molar-refractivity contribution is 0.669. The van der Waals surface area contributed by atoms with Gasteiger partial charge in [0.05, 0.1) is 20.6 Å². The van der Waals surface area contributed by atoms with E-state index in [0.29, 0.717) is 39.6 Å². The van der Waals surface area contributed by atoms with Gasteiger partial charge in [-0.05, 0) is 47.5 Å². The van der Waals surface area contributed by atoms with Crippen LogP contribution < -0.4 is 0 Å². The molecule has 7 aromatic carbocycles. The summed E-state index contributed by atoms with van der Waals surface area (Å²) in [6.45, 7) is 0. The van der Waals surface area contributed by atoms with Gasteiger partial charge in [0.1, 0.15) is 11.2 Å². The zero-order valence-corrected chi connectivity index (χ0v) is 26.3. The van der Waals surface area contributed by atoms with Crippen LogP contribution in [0.25, 0.3) is 94.7 Å². The van der Waals surface area contributed by atoms with Crippen LogP contribution in [0.5, 0.6) is 0 Å². The third kappa shape index (κ3) is 4.52. The molecule has 10 aromatic rings. The maximum atomic E-state index is 9.46. The first-order chi connectivity index (χ1) is 27.7. The molecule has 0 unspecified atom stereocenters. The molecule has 5 heteroatoms. The molecule has 0 atom stereocenters. The topological polar surface area (TPSA) is 56.7 Å². The number of para-hydroxylation sites is 2. The number of fused-ring (bicyclic) bond motifs is 6. The van der Waals surface area contributed by atoms with Crippen LogP contribution in [0.3, 0.4) is 0 Å². The first kappa shape index (κ1) is 21.9.